The molecule has 0 aliphatic heterocycles. The predicted octanol–water partition coefficient (Wildman–Crippen LogP) is 6.25. The molecule has 0 atom stereocenters. The molecule has 27 heavy (non-hydrogen) atoms. The molecule has 0 saturated carbocycles. The summed E-state index contributed by atoms with van der Waals surface area (Å²) in [5.41, 5.74) is 3.72. The maximum absolute atomic E-state index is 13.8. The van der Waals surface area contributed by atoms with E-state index in [-0.39, 0.29) is 11.8 Å². The van der Waals surface area contributed by atoms with Crippen molar-refractivity contribution in [2.75, 3.05) is 0 Å². The number of hydrogen-bond acceptors (Lipinski definition) is 2. The van der Waals surface area contributed by atoms with E-state index in [1.807, 2.05) is 30.3 Å². The molecule has 144 valence electrons. The number of aromatic nitrogens is 1. The molecule has 0 N–H and O–H groups in total. The van der Waals surface area contributed by atoms with Crippen LogP contribution in [0.4, 0.5) is 0 Å². The van der Waals surface area contributed by atoms with Crippen molar-refractivity contribution in [1.29, 1.82) is 0 Å². The molecule has 0 aliphatic rings. The average molecular weight is 384 g/mol. The second kappa shape index (κ2) is 7.16. The van der Waals surface area contributed by atoms with Crippen molar-refractivity contribution in [2.45, 2.75) is 64.2 Å². The molecule has 0 saturated heterocycles. The quantitative estimate of drug-likeness (QED) is 0.522. The lowest BCUT2D eigenvalue weighted by molar-refractivity contribution is 0.583. The molecule has 4 heteroatoms. The van der Waals surface area contributed by atoms with E-state index in [9.17, 15) is 8.42 Å². The highest BCUT2D eigenvalue weighted by Crippen LogP contribution is 2.37. The van der Waals surface area contributed by atoms with Crippen LogP contribution in [0.25, 0.3) is 10.9 Å². The van der Waals surface area contributed by atoms with Gasteiger partial charge in [-0.05, 0) is 46.6 Å². The van der Waals surface area contributed by atoms with E-state index in [2.05, 4.69) is 53.7 Å². The molecule has 0 spiro atoms. The summed E-state index contributed by atoms with van der Waals surface area (Å²) < 4.78 is 29.0. The second-order valence-corrected chi connectivity index (χ2v) is 9.92. The fourth-order valence-corrected chi connectivity index (χ4v) is 5.58. The molecular weight excluding hydrogens is 354 g/mol. The van der Waals surface area contributed by atoms with Crippen LogP contribution < -0.4 is 0 Å². The van der Waals surface area contributed by atoms with Crippen LogP contribution in [0.5, 0.6) is 0 Å². The van der Waals surface area contributed by atoms with Gasteiger partial charge in [0.1, 0.15) is 0 Å². The van der Waals surface area contributed by atoms with Gasteiger partial charge in [-0.15, -0.1) is 0 Å². The maximum atomic E-state index is 13.8. The van der Waals surface area contributed by atoms with Crippen molar-refractivity contribution in [3.8, 4) is 0 Å². The van der Waals surface area contributed by atoms with Gasteiger partial charge < -0.3 is 0 Å². The van der Waals surface area contributed by atoms with E-state index in [0.29, 0.717) is 10.8 Å². The summed E-state index contributed by atoms with van der Waals surface area (Å²) in [6.07, 6.45) is 1.67. The maximum Gasteiger partial charge on any atom is 0.268 e. The summed E-state index contributed by atoms with van der Waals surface area (Å²) in [6.45, 7) is 12.6. The summed E-state index contributed by atoms with van der Waals surface area (Å²) in [7, 11) is -3.70. The molecule has 2 aromatic carbocycles. The highest BCUT2D eigenvalue weighted by molar-refractivity contribution is 7.90. The van der Waals surface area contributed by atoms with Crippen LogP contribution in [0, 0.1) is 0 Å². The van der Waals surface area contributed by atoms with Gasteiger partial charge in [-0.3, -0.25) is 0 Å². The van der Waals surface area contributed by atoms with Crippen LogP contribution in [0.15, 0.2) is 53.6 Å². The highest BCUT2D eigenvalue weighted by atomic mass is 32.2. The van der Waals surface area contributed by atoms with Gasteiger partial charge in [0.15, 0.2) is 0 Å². The number of benzene rings is 2. The van der Waals surface area contributed by atoms with Gasteiger partial charge >= 0.3 is 0 Å². The number of nitrogens with zero attached hydrogens (tertiary/aromatic N) is 1. The lowest BCUT2D eigenvalue weighted by atomic mass is 9.89. The Labute approximate surface area is 163 Å². The standard InChI is InChI=1S/C23H29NO2S/c1-15(2)19-13-20(16(3)4)23(21(14-19)17(5)6)27(25,26)24-12-11-18-9-7-8-10-22(18)24/h7-17H,1-6H3. The Morgan fingerprint density at radius 1 is 0.778 bits per heavy atom. The van der Waals surface area contributed by atoms with Crippen LogP contribution in [0.1, 0.15) is 76.0 Å². The van der Waals surface area contributed by atoms with Gasteiger partial charge in [0.25, 0.3) is 10.0 Å². The Morgan fingerprint density at radius 2 is 1.33 bits per heavy atom. The zero-order chi connectivity index (χ0) is 19.9. The average Bonchev–Trinajstić information content (AvgIpc) is 3.05. The van der Waals surface area contributed by atoms with E-state index in [4.69, 9.17) is 0 Å². The van der Waals surface area contributed by atoms with E-state index in [1.54, 1.807) is 6.20 Å². The van der Waals surface area contributed by atoms with Crippen molar-refractivity contribution in [3.05, 3.63) is 65.4 Å². The molecule has 1 aromatic heterocycles. The van der Waals surface area contributed by atoms with Gasteiger partial charge in [-0.25, -0.2) is 12.4 Å². The van der Waals surface area contributed by atoms with Gasteiger partial charge in [0.05, 0.1) is 10.4 Å². The Kier molecular flexibility index (Phi) is 5.22. The first kappa shape index (κ1) is 19.7. The third-order valence-corrected chi connectivity index (χ3v) is 6.98. The summed E-state index contributed by atoms with van der Waals surface area (Å²) in [6, 6.07) is 13.6. The molecule has 1 heterocycles. The molecule has 0 unspecified atom stereocenters. The number of rotatable bonds is 5. The van der Waals surface area contributed by atoms with E-state index >= 15 is 0 Å². The summed E-state index contributed by atoms with van der Waals surface area (Å²) in [5.74, 6) is 0.588. The first-order valence-electron chi connectivity index (χ1n) is 9.64. The Balaban J connectivity index is 2.38. The first-order valence-corrected chi connectivity index (χ1v) is 11.1. The fraction of sp³-hybridized carbons (Fsp3) is 0.391. The van der Waals surface area contributed by atoms with Crippen molar-refractivity contribution < 1.29 is 8.42 Å². The van der Waals surface area contributed by atoms with Crippen LogP contribution in [-0.4, -0.2) is 12.4 Å². The van der Waals surface area contributed by atoms with Crippen LogP contribution in [0.3, 0.4) is 0 Å². The zero-order valence-corrected chi connectivity index (χ0v) is 17.8. The zero-order valence-electron chi connectivity index (χ0n) is 17.0. The number of hydrogen-bond donors (Lipinski definition) is 0. The number of fused-ring (bicyclic) bond motifs is 1. The minimum Gasteiger partial charge on any atom is -0.241 e. The van der Waals surface area contributed by atoms with Crippen molar-refractivity contribution >= 4 is 20.9 Å². The van der Waals surface area contributed by atoms with Gasteiger partial charge in [-0.1, -0.05) is 71.9 Å². The molecule has 0 bridgehead atoms. The highest BCUT2D eigenvalue weighted by Gasteiger charge is 2.29. The van der Waals surface area contributed by atoms with Crippen molar-refractivity contribution in [1.82, 2.24) is 3.97 Å². The molecule has 0 radical (unpaired) electrons. The van der Waals surface area contributed by atoms with Crippen molar-refractivity contribution in [3.63, 3.8) is 0 Å². The molecule has 0 fully saturated rings. The normalized spacial score (nSPS) is 12.6. The summed E-state index contributed by atoms with van der Waals surface area (Å²) >= 11 is 0. The smallest absolute Gasteiger partial charge is 0.241 e. The second-order valence-electron chi connectivity index (χ2n) is 8.17. The van der Waals surface area contributed by atoms with Gasteiger partial charge in [0, 0.05) is 11.6 Å². The summed E-state index contributed by atoms with van der Waals surface area (Å²) in [5, 5.41) is 0.928. The SMILES string of the molecule is CC(C)c1cc(C(C)C)c(S(=O)(=O)n2ccc3ccccc32)c(C(C)C)c1. The van der Waals surface area contributed by atoms with E-state index in [0.717, 1.165) is 22.0 Å². The molecule has 0 amide bonds. The Morgan fingerprint density at radius 3 is 1.85 bits per heavy atom. The minimum atomic E-state index is -3.70. The first-order chi connectivity index (χ1) is 12.6. The topological polar surface area (TPSA) is 39.1 Å². The molecule has 3 nitrogen and oxygen atoms in total. The van der Waals surface area contributed by atoms with E-state index in [1.165, 1.54) is 9.54 Å². The van der Waals surface area contributed by atoms with E-state index < -0.39 is 10.0 Å². The lowest BCUT2D eigenvalue weighted by Gasteiger charge is -2.23. The molecule has 3 rings (SSSR count). The van der Waals surface area contributed by atoms with Crippen molar-refractivity contribution in [2.24, 2.45) is 0 Å². The molecule has 3 aromatic rings. The largest absolute Gasteiger partial charge is 0.268 e. The monoisotopic (exact) mass is 383 g/mol. The van der Waals surface area contributed by atoms with Crippen LogP contribution in [-0.2, 0) is 10.0 Å². The van der Waals surface area contributed by atoms with Gasteiger partial charge in [-0.2, -0.15) is 0 Å². The summed E-state index contributed by atoms with van der Waals surface area (Å²) in [4.78, 5) is 0.471. The minimum absolute atomic E-state index is 0.118. The fourth-order valence-electron chi connectivity index (χ4n) is 3.55. The number of para-hydroxylation sites is 1. The van der Waals surface area contributed by atoms with Gasteiger partial charge in [0.2, 0.25) is 0 Å². The molecule has 0 aliphatic carbocycles. The molecular formula is C23H29NO2S. The predicted molar refractivity (Wildman–Crippen MR) is 113 cm³/mol. The van der Waals surface area contributed by atoms with Crippen LogP contribution >= 0.6 is 0 Å². The lowest BCUT2D eigenvalue weighted by Crippen LogP contribution is -2.18. The third kappa shape index (κ3) is 3.43. The Hall–Kier alpha value is -2.07. The van der Waals surface area contributed by atoms with Crippen LogP contribution in [0.2, 0.25) is 0 Å². The Bertz CT molecular complexity index is 1040. The third-order valence-electron chi connectivity index (χ3n) is 5.16.